The predicted octanol–water partition coefficient (Wildman–Crippen LogP) is 4.36. The van der Waals surface area contributed by atoms with Crippen molar-refractivity contribution in [3.05, 3.63) is 62.2 Å². The fraction of sp³-hybridized carbons (Fsp3) is 0. The minimum Gasteiger partial charge on any atom is -0.266 e. The van der Waals surface area contributed by atoms with E-state index >= 15 is 0 Å². The molecule has 18 heavy (non-hydrogen) atoms. The average Bonchev–Trinajstić information content (AvgIpc) is 2.66. The minimum atomic E-state index is -0.275. The first kappa shape index (κ1) is 11.8. The molecule has 0 saturated carbocycles. The van der Waals surface area contributed by atoms with Crippen LogP contribution in [-0.2, 0) is 0 Å². The van der Waals surface area contributed by atoms with Gasteiger partial charge in [0.1, 0.15) is 9.36 Å². The number of hydrogen-bond donors (Lipinski definition) is 0. The second-order valence-electron chi connectivity index (χ2n) is 3.78. The molecule has 3 aromatic rings. The summed E-state index contributed by atoms with van der Waals surface area (Å²) in [7, 11) is 0. The van der Waals surface area contributed by atoms with Crippen LogP contribution in [0.4, 0.5) is 0 Å². The number of nitrogens with zero attached hydrogens (tertiary/aromatic N) is 1. The first-order chi connectivity index (χ1) is 8.68. The van der Waals surface area contributed by atoms with E-state index in [1.54, 1.807) is 0 Å². The molecule has 5 heteroatoms. The van der Waals surface area contributed by atoms with Gasteiger partial charge < -0.3 is 0 Å². The molecule has 0 spiro atoms. The number of hydrogen-bond acceptors (Lipinski definition) is 2. The zero-order valence-electron chi connectivity index (χ0n) is 9.06. The van der Waals surface area contributed by atoms with Crippen LogP contribution in [-0.4, -0.2) is 3.96 Å². The molecule has 3 rings (SSSR count). The maximum absolute atomic E-state index is 12.0. The highest BCUT2D eigenvalue weighted by molar-refractivity contribution is 7.12. The largest absolute Gasteiger partial charge is 0.285 e. The van der Waals surface area contributed by atoms with Gasteiger partial charge in [0.15, 0.2) is 0 Å². The summed E-state index contributed by atoms with van der Waals surface area (Å²) in [5, 5.41) is 2.15. The molecule has 0 N–H and O–H groups in total. The maximum atomic E-state index is 12.0. The Hall–Kier alpha value is -1.29. The van der Waals surface area contributed by atoms with E-state index in [4.69, 9.17) is 23.2 Å². The Kier molecular flexibility index (Phi) is 2.90. The molecule has 0 amide bonds. The third-order valence-corrected chi connectivity index (χ3v) is 4.57. The molecular weight excluding hydrogens is 289 g/mol. The maximum Gasteiger partial charge on any atom is 0.285 e. The topological polar surface area (TPSA) is 22.0 Å². The van der Waals surface area contributed by atoms with E-state index in [1.165, 1.54) is 3.96 Å². The zero-order valence-corrected chi connectivity index (χ0v) is 11.4. The summed E-state index contributed by atoms with van der Waals surface area (Å²) in [6.45, 7) is 0. The van der Waals surface area contributed by atoms with Crippen LogP contribution in [0.3, 0.4) is 0 Å². The Labute approximate surface area is 117 Å². The van der Waals surface area contributed by atoms with Gasteiger partial charge in [0.05, 0.1) is 5.69 Å². The first-order valence-corrected chi connectivity index (χ1v) is 6.77. The SMILES string of the molecule is O=c1c(Cl)c(Cl)sn1-c1cccc2ccccc12. The summed E-state index contributed by atoms with van der Waals surface area (Å²) in [6, 6.07) is 13.7. The summed E-state index contributed by atoms with van der Waals surface area (Å²) in [6.07, 6.45) is 0. The van der Waals surface area contributed by atoms with Crippen molar-refractivity contribution in [2.75, 3.05) is 0 Å². The third kappa shape index (κ3) is 1.75. The van der Waals surface area contributed by atoms with E-state index in [-0.39, 0.29) is 10.6 Å². The Balaban J connectivity index is 2.39. The number of halogens is 2. The van der Waals surface area contributed by atoms with Crippen LogP contribution in [0.25, 0.3) is 16.5 Å². The molecule has 0 unspecified atom stereocenters. The lowest BCUT2D eigenvalue weighted by atomic mass is 10.1. The third-order valence-electron chi connectivity index (χ3n) is 2.70. The van der Waals surface area contributed by atoms with Crippen LogP contribution in [0.5, 0.6) is 0 Å². The minimum absolute atomic E-state index is 0.0783. The molecule has 0 radical (unpaired) electrons. The normalized spacial score (nSPS) is 11.0. The van der Waals surface area contributed by atoms with Crippen molar-refractivity contribution in [3.8, 4) is 5.69 Å². The van der Waals surface area contributed by atoms with Crippen LogP contribution in [0.1, 0.15) is 0 Å². The molecule has 1 heterocycles. The predicted molar refractivity (Wildman–Crippen MR) is 77.4 cm³/mol. The average molecular weight is 296 g/mol. The van der Waals surface area contributed by atoms with Gasteiger partial charge in [0.2, 0.25) is 0 Å². The number of fused-ring (bicyclic) bond motifs is 1. The molecule has 90 valence electrons. The van der Waals surface area contributed by atoms with Crippen molar-refractivity contribution in [3.63, 3.8) is 0 Å². The highest BCUT2D eigenvalue weighted by Crippen LogP contribution is 2.29. The van der Waals surface area contributed by atoms with Crippen molar-refractivity contribution in [1.29, 1.82) is 0 Å². The van der Waals surface area contributed by atoms with Crippen LogP contribution in [0.15, 0.2) is 47.3 Å². The summed E-state index contributed by atoms with van der Waals surface area (Å²) in [4.78, 5) is 12.0. The van der Waals surface area contributed by atoms with E-state index in [2.05, 4.69) is 0 Å². The quantitative estimate of drug-likeness (QED) is 0.654. The summed E-state index contributed by atoms with van der Waals surface area (Å²) >= 11 is 12.9. The molecular formula is C13H7Cl2NOS. The van der Waals surface area contributed by atoms with Crippen LogP contribution in [0.2, 0.25) is 9.36 Å². The second kappa shape index (κ2) is 4.43. The van der Waals surface area contributed by atoms with Crippen molar-refractivity contribution in [2.45, 2.75) is 0 Å². The molecule has 0 bridgehead atoms. The van der Waals surface area contributed by atoms with Gasteiger partial charge in [-0.2, -0.15) is 0 Å². The van der Waals surface area contributed by atoms with Crippen molar-refractivity contribution >= 4 is 45.5 Å². The Bertz CT molecular complexity index is 786. The van der Waals surface area contributed by atoms with Crippen LogP contribution in [0, 0.1) is 0 Å². The highest BCUT2D eigenvalue weighted by atomic mass is 35.5. The molecule has 0 aliphatic carbocycles. The number of aromatic nitrogens is 1. The summed E-state index contributed by atoms with van der Waals surface area (Å²) < 4.78 is 1.84. The van der Waals surface area contributed by atoms with Gasteiger partial charge in [-0.25, -0.2) is 3.96 Å². The standard InChI is InChI=1S/C13H7Cl2NOS/c14-11-12(15)18-16(13(11)17)10-7-3-5-8-4-1-2-6-9(8)10/h1-7H. The van der Waals surface area contributed by atoms with Gasteiger partial charge in [-0.05, 0) is 23.0 Å². The monoisotopic (exact) mass is 295 g/mol. The molecule has 2 aromatic carbocycles. The first-order valence-electron chi connectivity index (χ1n) is 5.24. The molecule has 0 fully saturated rings. The van der Waals surface area contributed by atoms with E-state index < -0.39 is 0 Å². The number of rotatable bonds is 1. The van der Waals surface area contributed by atoms with Crippen LogP contribution < -0.4 is 5.56 Å². The van der Waals surface area contributed by atoms with Gasteiger partial charge >= 0.3 is 0 Å². The highest BCUT2D eigenvalue weighted by Gasteiger charge is 2.13. The summed E-state index contributed by atoms with van der Waals surface area (Å²) in [5.74, 6) is 0. The smallest absolute Gasteiger partial charge is 0.266 e. The van der Waals surface area contributed by atoms with Crippen molar-refractivity contribution in [2.24, 2.45) is 0 Å². The van der Waals surface area contributed by atoms with Gasteiger partial charge in [0.25, 0.3) is 5.56 Å². The lowest BCUT2D eigenvalue weighted by molar-refractivity contribution is 1.15. The molecule has 0 aliphatic rings. The van der Waals surface area contributed by atoms with E-state index in [0.29, 0.717) is 4.34 Å². The van der Waals surface area contributed by atoms with E-state index in [9.17, 15) is 4.79 Å². The van der Waals surface area contributed by atoms with Gasteiger partial charge in [-0.15, -0.1) is 0 Å². The van der Waals surface area contributed by atoms with E-state index in [0.717, 1.165) is 28.0 Å². The van der Waals surface area contributed by atoms with Crippen molar-refractivity contribution in [1.82, 2.24) is 3.96 Å². The molecule has 0 saturated heterocycles. The van der Waals surface area contributed by atoms with Gasteiger partial charge in [-0.1, -0.05) is 59.6 Å². The molecule has 0 aliphatic heterocycles. The Morgan fingerprint density at radius 1 is 1.00 bits per heavy atom. The fourth-order valence-corrected chi connectivity index (χ4v) is 3.16. The molecule has 2 nitrogen and oxygen atoms in total. The molecule has 1 aromatic heterocycles. The lowest BCUT2D eigenvalue weighted by Crippen LogP contribution is -2.11. The Morgan fingerprint density at radius 2 is 1.72 bits per heavy atom. The summed E-state index contributed by atoms with van der Waals surface area (Å²) in [5.41, 5.74) is 0.528. The van der Waals surface area contributed by atoms with Gasteiger partial charge in [0, 0.05) is 5.39 Å². The zero-order chi connectivity index (χ0) is 12.7. The molecule has 0 atom stereocenters. The van der Waals surface area contributed by atoms with Crippen LogP contribution >= 0.6 is 34.7 Å². The van der Waals surface area contributed by atoms with Gasteiger partial charge in [-0.3, -0.25) is 4.79 Å². The fourth-order valence-electron chi connectivity index (χ4n) is 1.88. The van der Waals surface area contributed by atoms with E-state index in [1.807, 2.05) is 42.5 Å². The van der Waals surface area contributed by atoms with Crippen molar-refractivity contribution < 1.29 is 0 Å². The lowest BCUT2D eigenvalue weighted by Gasteiger charge is -2.05. The Morgan fingerprint density at radius 3 is 2.44 bits per heavy atom. The second-order valence-corrected chi connectivity index (χ2v) is 5.71. The number of benzene rings is 2.